The second-order valence-electron chi connectivity index (χ2n) is 4.94. The van der Waals surface area contributed by atoms with Crippen LogP contribution in [0.15, 0.2) is 34.8 Å². The number of carboxylic acids is 1. The van der Waals surface area contributed by atoms with E-state index in [1.54, 1.807) is 18.2 Å². The fourth-order valence-corrected chi connectivity index (χ4v) is 2.57. The molecule has 102 valence electrons. The van der Waals surface area contributed by atoms with E-state index in [9.17, 15) is 4.79 Å². The predicted molar refractivity (Wildman–Crippen MR) is 77.6 cm³/mol. The molecule has 0 heterocycles. The molecule has 4 heteroatoms. The Labute approximate surface area is 121 Å². The fourth-order valence-electron chi connectivity index (χ4n) is 2.23. The van der Waals surface area contributed by atoms with Gasteiger partial charge in [0, 0.05) is 4.47 Å². The number of allylic oxidation sites excluding steroid dienone is 2. The first-order valence-corrected chi connectivity index (χ1v) is 7.18. The molecule has 1 N–H and O–H groups in total. The molecule has 19 heavy (non-hydrogen) atoms. The number of hydrogen-bond acceptors (Lipinski definition) is 2. The smallest absolute Gasteiger partial charge is 0.339 e. The summed E-state index contributed by atoms with van der Waals surface area (Å²) in [4.78, 5) is 11.1. The van der Waals surface area contributed by atoms with Crippen molar-refractivity contribution >= 4 is 21.9 Å². The summed E-state index contributed by atoms with van der Waals surface area (Å²) in [6.07, 6.45) is 6.44. The quantitative estimate of drug-likeness (QED) is 0.847. The molecular weight excluding hydrogens is 308 g/mol. The molecule has 0 bridgehead atoms. The Hall–Kier alpha value is -1.29. The molecule has 1 aromatic rings. The van der Waals surface area contributed by atoms with Gasteiger partial charge in [0.15, 0.2) is 0 Å². The molecule has 0 radical (unpaired) electrons. The van der Waals surface area contributed by atoms with Crippen LogP contribution in [0.2, 0.25) is 0 Å². The van der Waals surface area contributed by atoms with Crippen molar-refractivity contribution in [2.45, 2.75) is 19.8 Å². The Kier molecular flexibility index (Phi) is 4.64. The Morgan fingerprint density at radius 1 is 1.42 bits per heavy atom. The summed E-state index contributed by atoms with van der Waals surface area (Å²) in [5, 5.41) is 9.14. The van der Waals surface area contributed by atoms with Crippen LogP contribution in [0.5, 0.6) is 5.75 Å². The average molecular weight is 325 g/mol. The van der Waals surface area contributed by atoms with E-state index in [1.165, 1.54) is 0 Å². The molecule has 0 saturated heterocycles. The summed E-state index contributed by atoms with van der Waals surface area (Å²) in [5.41, 5.74) is 0.210. The highest BCUT2D eigenvalue weighted by Gasteiger charge is 2.20. The number of benzene rings is 1. The lowest BCUT2D eigenvalue weighted by Gasteiger charge is -2.25. The largest absolute Gasteiger partial charge is 0.492 e. The Morgan fingerprint density at radius 2 is 2.16 bits per heavy atom. The topological polar surface area (TPSA) is 46.5 Å². The number of halogens is 1. The van der Waals surface area contributed by atoms with Crippen LogP contribution in [0.25, 0.3) is 0 Å². The highest BCUT2D eigenvalue weighted by Crippen LogP contribution is 2.28. The maximum atomic E-state index is 11.1. The van der Waals surface area contributed by atoms with Crippen LogP contribution >= 0.6 is 15.9 Å². The van der Waals surface area contributed by atoms with E-state index in [1.807, 2.05) is 0 Å². The maximum absolute atomic E-state index is 11.1. The van der Waals surface area contributed by atoms with Gasteiger partial charge in [-0.15, -0.1) is 0 Å². The van der Waals surface area contributed by atoms with Gasteiger partial charge in [0.25, 0.3) is 0 Å². The highest BCUT2D eigenvalue weighted by molar-refractivity contribution is 9.10. The lowest BCUT2D eigenvalue weighted by molar-refractivity contribution is 0.0690. The van der Waals surface area contributed by atoms with E-state index in [2.05, 4.69) is 35.0 Å². The van der Waals surface area contributed by atoms with Crippen molar-refractivity contribution in [2.24, 2.45) is 11.8 Å². The van der Waals surface area contributed by atoms with Gasteiger partial charge in [-0.1, -0.05) is 35.0 Å². The first-order chi connectivity index (χ1) is 9.08. The summed E-state index contributed by atoms with van der Waals surface area (Å²) >= 11 is 3.34. The molecular formula is C15H17BrO3. The highest BCUT2D eigenvalue weighted by atomic mass is 79.9. The second-order valence-corrected chi connectivity index (χ2v) is 5.85. The van der Waals surface area contributed by atoms with Crippen LogP contribution in [0.1, 0.15) is 30.1 Å². The van der Waals surface area contributed by atoms with Gasteiger partial charge in [-0.25, -0.2) is 4.79 Å². The van der Waals surface area contributed by atoms with Crippen molar-refractivity contribution in [1.82, 2.24) is 0 Å². The SMILES string of the molecule is CC1CC=CCC1COc1cc(Br)ccc1C(=O)O. The molecule has 0 fully saturated rings. The number of carboxylic acid groups (broad SMARTS) is 1. The normalized spacial score (nSPS) is 22.2. The number of aromatic carboxylic acids is 1. The maximum Gasteiger partial charge on any atom is 0.339 e. The van der Waals surface area contributed by atoms with Crippen LogP contribution in [0.4, 0.5) is 0 Å². The van der Waals surface area contributed by atoms with Crippen LogP contribution in [-0.2, 0) is 0 Å². The molecule has 0 aromatic heterocycles. The van der Waals surface area contributed by atoms with Crippen molar-refractivity contribution in [2.75, 3.05) is 6.61 Å². The number of hydrogen-bond donors (Lipinski definition) is 1. The number of rotatable bonds is 4. The molecule has 1 aliphatic carbocycles. The van der Waals surface area contributed by atoms with E-state index in [0.29, 0.717) is 24.2 Å². The van der Waals surface area contributed by atoms with Crippen molar-refractivity contribution < 1.29 is 14.6 Å². The van der Waals surface area contributed by atoms with E-state index in [4.69, 9.17) is 9.84 Å². The van der Waals surface area contributed by atoms with Crippen molar-refractivity contribution in [3.05, 3.63) is 40.4 Å². The third-order valence-electron chi connectivity index (χ3n) is 3.55. The fraction of sp³-hybridized carbons (Fsp3) is 0.400. The third-order valence-corrected chi connectivity index (χ3v) is 4.04. The van der Waals surface area contributed by atoms with E-state index < -0.39 is 5.97 Å². The molecule has 1 aliphatic rings. The standard InChI is InChI=1S/C15H17BrO3/c1-10-4-2-3-5-11(10)9-19-14-8-12(16)6-7-13(14)15(17)18/h2-3,6-8,10-11H,4-5,9H2,1H3,(H,17,18). The van der Waals surface area contributed by atoms with Crippen LogP contribution in [0.3, 0.4) is 0 Å². The minimum Gasteiger partial charge on any atom is -0.492 e. The molecule has 3 nitrogen and oxygen atoms in total. The molecule has 2 atom stereocenters. The molecule has 0 saturated carbocycles. The summed E-state index contributed by atoms with van der Waals surface area (Å²) in [5.74, 6) is 0.499. The first kappa shape index (κ1) is 14.1. The summed E-state index contributed by atoms with van der Waals surface area (Å²) in [6, 6.07) is 4.99. The van der Waals surface area contributed by atoms with Gasteiger partial charge in [0.1, 0.15) is 11.3 Å². The minimum atomic E-state index is -0.959. The van der Waals surface area contributed by atoms with Gasteiger partial charge < -0.3 is 9.84 Å². The predicted octanol–water partition coefficient (Wildman–Crippen LogP) is 4.13. The molecule has 0 spiro atoms. The Bertz CT molecular complexity index is 496. The second kappa shape index (κ2) is 6.24. The molecule has 1 aromatic carbocycles. The Balaban J connectivity index is 2.08. The van der Waals surface area contributed by atoms with Gasteiger partial charge >= 0.3 is 5.97 Å². The van der Waals surface area contributed by atoms with E-state index in [-0.39, 0.29) is 5.56 Å². The monoisotopic (exact) mass is 324 g/mol. The van der Waals surface area contributed by atoms with E-state index >= 15 is 0 Å². The molecule has 0 amide bonds. The zero-order valence-corrected chi connectivity index (χ0v) is 12.4. The Morgan fingerprint density at radius 3 is 2.84 bits per heavy atom. The minimum absolute atomic E-state index is 0.210. The summed E-state index contributed by atoms with van der Waals surface area (Å²) < 4.78 is 6.57. The van der Waals surface area contributed by atoms with Gasteiger partial charge in [0.2, 0.25) is 0 Å². The average Bonchev–Trinajstić information content (AvgIpc) is 2.37. The molecule has 2 rings (SSSR count). The van der Waals surface area contributed by atoms with Crippen molar-refractivity contribution in [3.8, 4) is 5.75 Å². The van der Waals surface area contributed by atoms with E-state index in [0.717, 1.165) is 17.3 Å². The zero-order chi connectivity index (χ0) is 13.8. The van der Waals surface area contributed by atoms with Gasteiger partial charge in [-0.3, -0.25) is 0 Å². The van der Waals surface area contributed by atoms with Gasteiger partial charge in [0.05, 0.1) is 6.61 Å². The van der Waals surface area contributed by atoms with Gasteiger partial charge in [-0.05, 0) is 42.9 Å². The first-order valence-electron chi connectivity index (χ1n) is 6.38. The van der Waals surface area contributed by atoms with Crippen LogP contribution in [0, 0.1) is 11.8 Å². The summed E-state index contributed by atoms with van der Waals surface area (Å²) in [6.45, 7) is 2.76. The van der Waals surface area contributed by atoms with Crippen molar-refractivity contribution in [1.29, 1.82) is 0 Å². The molecule has 0 aliphatic heterocycles. The van der Waals surface area contributed by atoms with Gasteiger partial charge in [-0.2, -0.15) is 0 Å². The third kappa shape index (κ3) is 3.60. The number of carbonyl (C=O) groups is 1. The lowest BCUT2D eigenvalue weighted by atomic mass is 9.85. The van der Waals surface area contributed by atoms with Crippen LogP contribution in [-0.4, -0.2) is 17.7 Å². The molecule has 2 unspecified atom stereocenters. The summed E-state index contributed by atoms with van der Waals surface area (Å²) in [7, 11) is 0. The number of ether oxygens (including phenoxy) is 1. The lowest BCUT2D eigenvalue weighted by Crippen LogP contribution is -2.21. The zero-order valence-electron chi connectivity index (χ0n) is 10.8. The van der Waals surface area contributed by atoms with Crippen LogP contribution < -0.4 is 4.74 Å². The van der Waals surface area contributed by atoms with Crippen molar-refractivity contribution in [3.63, 3.8) is 0 Å².